The molecule has 1 saturated heterocycles. The molecule has 162 valence electrons. The molecule has 1 aliphatic heterocycles. The average molecular weight is 443 g/mol. The highest BCUT2D eigenvalue weighted by Gasteiger charge is 2.32. The second-order valence-corrected chi connectivity index (χ2v) is 10.1. The highest BCUT2D eigenvalue weighted by atomic mass is 32.2. The first-order valence-corrected chi connectivity index (χ1v) is 11.9. The van der Waals surface area contributed by atoms with Crippen LogP contribution in [0.1, 0.15) is 17.7 Å². The molecule has 0 radical (unpaired) electrons. The third-order valence-corrected chi connectivity index (χ3v) is 7.12. The Hall–Kier alpha value is -3.07. The van der Waals surface area contributed by atoms with Gasteiger partial charge in [0.25, 0.3) is 0 Å². The van der Waals surface area contributed by atoms with Crippen LogP contribution in [0.4, 0.5) is 4.39 Å². The Bertz CT molecular complexity index is 1180. The Morgan fingerprint density at radius 3 is 2.52 bits per heavy atom. The lowest BCUT2D eigenvalue weighted by atomic mass is 10.1. The second-order valence-electron chi connectivity index (χ2n) is 7.80. The standard InChI is InChI=1S/C22H23FN4O3S/c1-31(29,30)20-8-11-26(14-20)22(28)15-27-19(12-16-2-4-18(23)5-3-16)13-21(25-27)17-6-9-24-10-7-17/h2-7,9-10,13,20H,8,11-12,14-15H2,1H3. The average Bonchev–Trinajstić information content (AvgIpc) is 3.38. The molecule has 9 heteroatoms. The molecule has 3 aromatic rings. The summed E-state index contributed by atoms with van der Waals surface area (Å²) in [6.45, 7) is 0.643. The van der Waals surface area contributed by atoms with E-state index in [1.807, 2.05) is 18.2 Å². The van der Waals surface area contributed by atoms with Crippen LogP contribution in [0.2, 0.25) is 0 Å². The van der Waals surface area contributed by atoms with Gasteiger partial charge < -0.3 is 4.90 Å². The van der Waals surface area contributed by atoms with Crippen molar-refractivity contribution in [1.82, 2.24) is 19.7 Å². The van der Waals surface area contributed by atoms with Crippen molar-refractivity contribution in [2.24, 2.45) is 0 Å². The van der Waals surface area contributed by atoms with Crippen molar-refractivity contribution in [1.29, 1.82) is 0 Å². The zero-order chi connectivity index (χ0) is 22.0. The summed E-state index contributed by atoms with van der Waals surface area (Å²) >= 11 is 0. The number of hydrogen-bond donors (Lipinski definition) is 0. The molecule has 4 rings (SSSR count). The Kier molecular flexibility index (Phi) is 5.86. The monoisotopic (exact) mass is 442 g/mol. The Morgan fingerprint density at radius 2 is 1.87 bits per heavy atom. The van der Waals surface area contributed by atoms with Gasteiger partial charge in [-0.25, -0.2) is 12.8 Å². The van der Waals surface area contributed by atoms with Crippen molar-refractivity contribution in [3.8, 4) is 11.3 Å². The lowest BCUT2D eigenvalue weighted by Crippen LogP contribution is -2.34. The summed E-state index contributed by atoms with van der Waals surface area (Å²) in [5.41, 5.74) is 3.29. The molecule has 31 heavy (non-hydrogen) atoms. The normalized spacial score (nSPS) is 16.6. The van der Waals surface area contributed by atoms with Crippen LogP contribution < -0.4 is 0 Å². The molecular formula is C22H23FN4O3S. The summed E-state index contributed by atoms with van der Waals surface area (Å²) in [7, 11) is -3.18. The third-order valence-electron chi connectivity index (χ3n) is 5.53. The van der Waals surface area contributed by atoms with Crippen molar-refractivity contribution < 1.29 is 17.6 Å². The van der Waals surface area contributed by atoms with Gasteiger partial charge in [-0.1, -0.05) is 12.1 Å². The summed E-state index contributed by atoms with van der Waals surface area (Å²) in [6.07, 6.45) is 5.50. The van der Waals surface area contributed by atoms with Gasteiger partial charge in [-0.15, -0.1) is 0 Å². The molecule has 3 heterocycles. The number of likely N-dealkylation sites (tertiary alicyclic amines) is 1. The first-order chi connectivity index (χ1) is 14.8. The molecule has 1 unspecified atom stereocenters. The second kappa shape index (κ2) is 8.58. The highest BCUT2D eigenvalue weighted by molar-refractivity contribution is 7.91. The lowest BCUT2D eigenvalue weighted by Gasteiger charge is -2.17. The van der Waals surface area contributed by atoms with Crippen molar-refractivity contribution in [2.45, 2.75) is 24.6 Å². The molecule has 0 saturated carbocycles. The van der Waals surface area contributed by atoms with E-state index in [0.29, 0.717) is 25.1 Å². The molecule has 1 aliphatic rings. The molecule has 0 aliphatic carbocycles. The Morgan fingerprint density at radius 1 is 1.16 bits per heavy atom. The van der Waals surface area contributed by atoms with E-state index in [9.17, 15) is 17.6 Å². The lowest BCUT2D eigenvalue weighted by molar-refractivity contribution is -0.130. The molecular weight excluding hydrogens is 419 g/mol. The van der Waals surface area contributed by atoms with Crippen molar-refractivity contribution >= 4 is 15.7 Å². The van der Waals surface area contributed by atoms with Crippen molar-refractivity contribution in [2.75, 3.05) is 19.3 Å². The maximum Gasteiger partial charge on any atom is 0.244 e. The number of aromatic nitrogens is 3. The molecule has 1 atom stereocenters. The fourth-order valence-corrected chi connectivity index (χ4v) is 4.73. The fraction of sp³-hybridized carbons (Fsp3) is 0.318. The molecule has 7 nitrogen and oxygen atoms in total. The van der Waals surface area contributed by atoms with Crippen LogP contribution in [0.15, 0.2) is 54.9 Å². The molecule has 0 N–H and O–H groups in total. The van der Waals surface area contributed by atoms with E-state index in [-0.39, 0.29) is 24.8 Å². The topological polar surface area (TPSA) is 85.2 Å². The third kappa shape index (κ3) is 4.99. The fourth-order valence-electron chi connectivity index (χ4n) is 3.74. The predicted molar refractivity (Wildman–Crippen MR) is 114 cm³/mol. The molecule has 0 spiro atoms. The van der Waals surface area contributed by atoms with E-state index < -0.39 is 15.1 Å². The maximum atomic E-state index is 13.3. The SMILES string of the molecule is CS(=O)(=O)C1CCN(C(=O)Cn2nc(-c3ccncc3)cc2Cc2ccc(F)cc2)C1. The van der Waals surface area contributed by atoms with E-state index in [0.717, 1.165) is 16.8 Å². The van der Waals surface area contributed by atoms with Crippen LogP contribution in [-0.4, -0.2) is 58.6 Å². The summed E-state index contributed by atoms with van der Waals surface area (Å²) in [5.74, 6) is -0.477. The van der Waals surface area contributed by atoms with E-state index in [1.165, 1.54) is 18.4 Å². The maximum absolute atomic E-state index is 13.3. The van der Waals surface area contributed by atoms with Gasteiger partial charge >= 0.3 is 0 Å². The Labute approximate surface area is 180 Å². The number of hydrogen-bond acceptors (Lipinski definition) is 5. The van der Waals surface area contributed by atoms with Crippen molar-refractivity contribution in [3.05, 3.63) is 71.9 Å². The molecule has 1 aromatic carbocycles. The van der Waals surface area contributed by atoms with Crippen molar-refractivity contribution in [3.63, 3.8) is 0 Å². The van der Waals surface area contributed by atoms with Crippen LogP contribution in [0.5, 0.6) is 0 Å². The zero-order valence-corrected chi connectivity index (χ0v) is 17.9. The number of carbonyl (C=O) groups is 1. The van der Waals surface area contributed by atoms with Crippen LogP contribution in [0.3, 0.4) is 0 Å². The summed E-state index contributed by atoms with van der Waals surface area (Å²) < 4.78 is 38.6. The largest absolute Gasteiger partial charge is 0.340 e. The van der Waals surface area contributed by atoms with Gasteiger partial charge in [0.2, 0.25) is 5.91 Å². The summed E-state index contributed by atoms with van der Waals surface area (Å²) in [5, 5.41) is 4.11. The first-order valence-electron chi connectivity index (χ1n) is 9.98. The van der Waals surface area contributed by atoms with Crippen LogP contribution in [0.25, 0.3) is 11.3 Å². The van der Waals surface area contributed by atoms with Gasteiger partial charge in [0.15, 0.2) is 9.84 Å². The first kappa shape index (κ1) is 21.2. The smallest absolute Gasteiger partial charge is 0.244 e. The van der Waals surface area contributed by atoms with Crippen LogP contribution in [0, 0.1) is 5.82 Å². The minimum absolute atomic E-state index is 0.0120. The Balaban J connectivity index is 1.58. The van der Waals surface area contributed by atoms with E-state index in [1.54, 1.807) is 34.1 Å². The minimum atomic E-state index is -3.18. The predicted octanol–water partition coefficient (Wildman–Crippen LogP) is 2.32. The molecule has 1 amide bonds. The quantitative estimate of drug-likeness (QED) is 0.585. The molecule has 0 bridgehead atoms. The number of amides is 1. The van der Waals surface area contributed by atoms with Gasteiger partial charge in [0.1, 0.15) is 12.4 Å². The number of halogens is 1. The van der Waals surface area contributed by atoms with Gasteiger partial charge in [-0.3, -0.25) is 14.5 Å². The van der Waals surface area contributed by atoms with Crippen LogP contribution in [-0.2, 0) is 27.6 Å². The number of carbonyl (C=O) groups excluding carboxylic acids is 1. The van der Waals surface area contributed by atoms with Gasteiger partial charge in [0.05, 0.1) is 10.9 Å². The van der Waals surface area contributed by atoms with Gasteiger partial charge in [0, 0.05) is 49.4 Å². The molecule has 1 fully saturated rings. The number of pyridine rings is 1. The van der Waals surface area contributed by atoms with E-state index in [2.05, 4.69) is 10.1 Å². The van der Waals surface area contributed by atoms with Gasteiger partial charge in [-0.05, 0) is 42.3 Å². The summed E-state index contributed by atoms with van der Waals surface area (Å²) in [6, 6.07) is 11.8. The van der Waals surface area contributed by atoms with Gasteiger partial charge in [-0.2, -0.15) is 5.10 Å². The number of benzene rings is 1. The number of sulfone groups is 1. The minimum Gasteiger partial charge on any atom is -0.340 e. The highest BCUT2D eigenvalue weighted by Crippen LogP contribution is 2.22. The number of nitrogens with zero attached hydrogens (tertiary/aromatic N) is 4. The molecule has 2 aromatic heterocycles. The zero-order valence-electron chi connectivity index (χ0n) is 17.1. The summed E-state index contributed by atoms with van der Waals surface area (Å²) in [4.78, 5) is 18.5. The van der Waals surface area contributed by atoms with Crippen LogP contribution >= 0.6 is 0 Å². The van der Waals surface area contributed by atoms with E-state index in [4.69, 9.17) is 0 Å². The van der Waals surface area contributed by atoms with E-state index >= 15 is 0 Å². The number of rotatable bonds is 6.